The molecule has 2 aromatic rings. The number of amides is 2. The zero-order valence-electron chi connectivity index (χ0n) is 19.9. The molecular weight excluding hydrogens is 469 g/mol. The molecule has 2 heterocycles. The zero-order valence-corrected chi connectivity index (χ0v) is 19.9. The van der Waals surface area contributed by atoms with Crippen molar-refractivity contribution in [2.45, 2.75) is 50.8 Å². The van der Waals surface area contributed by atoms with E-state index < -0.39 is 55.0 Å². The van der Waals surface area contributed by atoms with Crippen LogP contribution in [0.4, 0.5) is 0 Å². The third-order valence-corrected chi connectivity index (χ3v) is 5.44. The molecule has 0 spiro atoms. The minimum Gasteiger partial charge on any atom is -0.507 e. The summed E-state index contributed by atoms with van der Waals surface area (Å²) in [4.78, 5) is 57.7. The standard InChI is InChI=1S/C23H28BN5O7/c1-13(2)10-17(24-35-19(22(32)33)18(25)23(34)36-24)29-20(30)15(11-14-6-4-3-5-7-14)28-21(31)16-12-26-8-9-27-16/h3-9,12-13,15,17-19H,10-11,25H2,1-2H3,(H,28,31)(H,29,30)(H,32,33)/t15-,17-,18+,19+/m0/s1. The molecule has 0 aliphatic carbocycles. The summed E-state index contributed by atoms with van der Waals surface area (Å²) < 4.78 is 10.7. The topological polar surface area (TPSA) is 183 Å². The van der Waals surface area contributed by atoms with Crippen LogP contribution in [-0.4, -0.2) is 70.1 Å². The number of aliphatic carboxylic acids is 1. The third-order valence-electron chi connectivity index (χ3n) is 5.44. The molecule has 0 radical (unpaired) electrons. The summed E-state index contributed by atoms with van der Waals surface area (Å²) in [5.41, 5.74) is 6.43. The van der Waals surface area contributed by atoms with E-state index in [0.717, 1.165) is 5.56 Å². The van der Waals surface area contributed by atoms with Crippen LogP contribution < -0.4 is 16.4 Å². The lowest BCUT2D eigenvalue weighted by molar-refractivity contribution is -0.159. The van der Waals surface area contributed by atoms with E-state index in [1.165, 1.54) is 18.6 Å². The molecule has 36 heavy (non-hydrogen) atoms. The first kappa shape index (κ1) is 26.8. The average Bonchev–Trinajstić information content (AvgIpc) is 2.85. The second-order valence-corrected chi connectivity index (χ2v) is 8.78. The largest absolute Gasteiger partial charge is 0.552 e. The van der Waals surface area contributed by atoms with Gasteiger partial charge in [0.25, 0.3) is 5.91 Å². The second kappa shape index (κ2) is 12.2. The number of hydrogen-bond donors (Lipinski definition) is 4. The highest BCUT2D eigenvalue weighted by Gasteiger charge is 2.48. The second-order valence-electron chi connectivity index (χ2n) is 8.78. The SMILES string of the molecule is CC(C)C[C@H](NC(=O)[C@H](Cc1ccccc1)NC(=O)c1cnccn1)B1OC(=O)[C@H](N)[C@H](C(=O)O)O1. The van der Waals surface area contributed by atoms with Crippen molar-refractivity contribution in [2.75, 3.05) is 0 Å². The van der Waals surface area contributed by atoms with Crippen molar-refractivity contribution in [1.29, 1.82) is 0 Å². The quantitative estimate of drug-likeness (QED) is 0.319. The lowest BCUT2D eigenvalue weighted by Crippen LogP contribution is -2.64. The van der Waals surface area contributed by atoms with Gasteiger partial charge in [-0.05, 0) is 17.9 Å². The van der Waals surface area contributed by atoms with Crippen LogP contribution in [0, 0.1) is 5.92 Å². The number of nitrogens with two attached hydrogens (primary N) is 1. The minimum absolute atomic E-state index is 0.0123. The average molecular weight is 497 g/mol. The normalized spacial score (nSPS) is 19.2. The maximum Gasteiger partial charge on any atom is 0.552 e. The summed E-state index contributed by atoms with van der Waals surface area (Å²) >= 11 is 0. The number of nitrogens with one attached hydrogen (secondary N) is 2. The van der Waals surface area contributed by atoms with E-state index in [1.807, 2.05) is 32.0 Å². The first-order chi connectivity index (χ1) is 17.2. The molecule has 1 aliphatic heterocycles. The van der Waals surface area contributed by atoms with E-state index in [-0.39, 0.29) is 18.0 Å². The number of carbonyl (C=O) groups excluding carboxylic acids is 3. The Hall–Kier alpha value is -3.84. The number of nitrogens with zero attached hydrogens (tertiary/aromatic N) is 2. The minimum atomic E-state index is -1.63. The number of carboxylic acid groups (broad SMARTS) is 1. The number of aromatic nitrogens is 2. The Morgan fingerprint density at radius 1 is 1.17 bits per heavy atom. The van der Waals surface area contributed by atoms with Gasteiger partial charge >= 0.3 is 19.1 Å². The van der Waals surface area contributed by atoms with Crippen molar-refractivity contribution < 1.29 is 33.6 Å². The van der Waals surface area contributed by atoms with E-state index in [1.54, 1.807) is 12.1 Å². The van der Waals surface area contributed by atoms with Crippen molar-refractivity contribution >= 4 is 30.9 Å². The Bertz CT molecular complexity index is 1070. The molecule has 2 amide bonds. The highest BCUT2D eigenvalue weighted by atomic mass is 16.6. The number of carbonyl (C=O) groups is 4. The Balaban J connectivity index is 1.82. The molecule has 1 aliphatic rings. The van der Waals surface area contributed by atoms with E-state index >= 15 is 0 Å². The van der Waals surface area contributed by atoms with Crippen LogP contribution in [0.3, 0.4) is 0 Å². The molecule has 1 aromatic carbocycles. The van der Waals surface area contributed by atoms with Crippen LogP contribution in [0.2, 0.25) is 0 Å². The maximum atomic E-state index is 13.4. The fraction of sp³-hybridized carbons (Fsp3) is 0.391. The molecule has 13 heteroatoms. The Morgan fingerprint density at radius 2 is 1.89 bits per heavy atom. The molecule has 0 bridgehead atoms. The Labute approximate surface area is 208 Å². The van der Waals surface area contributed by atoms with Crippen LogP contribution in [0.1, 0.15) is 36.3 Å². The van der Waals surface area contributed by atoms with E-state index in [9.17, 15) is 24.3 Å². The molecular formula is C23H28BN5O7. The monoisotopic (exact) mass is 497 g/mol. The smallest absolute Gasteiger partial charge is 0.507 e. The third kappa shape index (κ3) is 7.09. The van der Waals surface area contributed by atoms with Gasteiger partial charge in [0.05, 0.1) is 12.1 Å². The number of benzene rings is 1. The summed E-state index contributed by atoms with van der Waals surface area (Å²) in [6.45, 7) is 3.75. The molecule has 1 fully saturated rings. The highest BCUT2D eigenvalue weighted by Crippen LogP contribution is 2.18. The predicted octanol–water partition coefficient (Wildman–Crippen LogP) is -0.270. The van der Waals surface area contributed by atoms with Crippen LogP contribution in [0.25, 0.3) is 0 Å². The van der Waals surface area contributed by atoms with Crippen molar-refractivity contribution in [3.05, 3.63) is 60.2 Å². The maximum absolute atomic E-state index is 13.4. The highest BCUT2D eigenvalue weighted by molar-refractivity contribution is 6.50. The van der Waals surface area contributed by atoms with E-state index in [2.05, 4.69) is 20.6 Å². The fourth-order valence-electron chi connectivity index (χ4n) is 3.70. The van der Waals surface area contributed by atoms with Gasteiger partial charge < -0.3 is 30.8 Å². The molecule has 1 aromatic heterocycles. The first-order valence-electron chi connectivity index (χ1n) is 11.4. The van der Waals surface area contributed by atoms with Crippen LogP contribution in [0.15, 0.2) is 48.9 Å². The molecule has 12 nitrogen and oxygen atoms in total. The molecule has 190 valence electrons. The van der Waals surface area contributed by atoms with Gasteiger partial charge in [-0.1, -0.05) is 44.2 Å². The van der Waals surface area contributed by atoms with E-state index in [4.69, 9.17) is 15.0 Å². The van der Waals surface area contributed by atoms with Crippen LogP contribution in [-0.2, 0) is 30.1 Å². The zero-order chi connectivity index (χ0) is 26.2. The van der Waals surface area contributed by atoms with Gasteiger partial charge in [-0.3, -0.25) is 19.4 Å². The summed E-state index contributed by atoms with van der Waals surface area (Å²) in [6, 6.07) is 6.53. The van der Waals surface area contributed by atoms with Crippen LogP contribution >= 0.6 is 0 Å². The van der Waals surface area contributed by atoms with Crippen LogP contribution in [0.5, 0.6) is 0 Å². The number of carboxylic acids is 1. The predicted molar refractivity (Wildman–Crippen MR) is 127 cm³/mol. The van der Waals surface area contributed by atoms with Gasteiger partial charge in [0.1, 0.15) is 17.8 Å². The number of hydrogen-bond acceptors (Lipinski definition) is 9. The molecule has 4 atom stereocenters. The van der Waals surface area contributed by atoms with Gasteiger partial charge in [-0.25, -0.2) is 9.78 Å². The lowest BCUT2D eigenvalue weighted by atomic mass is 9.72. The lowest BCUT2D eigenvalue weighted by Gasteiger charge is -2.34. The van der Waals surface area contributed by atoms with Crippen molar-refractivity contribution in [1.82, 2.24) is 20.6 Å². The Morgan fingerprint density at radius 3 is 2.50 bits per heavy atom. The van der Waals surface area contributed by atoms with E-state index in [0.29, 0.717) is 6.42 Å². The molecule has 0 unspecified atom stereocenters. The van der Waals surface area contributed by atoms with Gasteiger partial charge in [-0.15, -0.1) is 0 Å². The van der Waals surface area contributed by atoms with Crippen molar-refractivity contribution in [3.63, 3.8) is 0 Å². The first-order valence-corrected chi connectivity index (χ1v) is 11.4. The van der Waals surface area contributed by atoms with Crippen molar-refractivity contribution in [2.24, 2.45) is 11.7 Å². The summed E-state index contributed by atoms with van der Waals surface area (Å²) in [5, 5.41) is 14.8. The van der Waals surface area contributed by atoms with Gasteiger partial charge in [0.2, 0.25) is 5.91 Å². The summed E-state index contributed by atoms with van der Waals surface area (Å²) in [6.07, 6.45) is 2.88. The summed E-state index contributed by atoms with van der Waals surface area (Å²) in [5.74, 6) is -4.43. The van der Waals surface area contributed by atoms with Gasteiger partial charge in [0, 0.05) is 18.8 Å². The van der Waals surface area contributed by atoms with Gasteiger partial charge in [0.15, 0.2) is 6.10 Å². The summed E-state index contributed by atoms with van der Waals surface area (Å²) in [7, 11) is -1.38. The molecule has 3 rings (SSSR count). The number of rotatable bonds is 10. The van der Waals surface area contributed by atoms with Crippen molar-refractivity contribution in [3.8, 4) is 0 Å². The van der Waals surface area contributed by atoms with Gasteiger partial charge in [-0.2, -0.15) is 0 Å². The molecule has 0 saturated carbocycles. The molecule has 1 saturated heterocycles. The fourth-order valence-corrected chi connectivity index (χ4v) is 3.70. The molecule has 5 N–H and O–H groups in total. The Kier molecular flexibility index (Phi) is 9.09.